The summed E-state index contributed by atoms with van der Waals surface area (Å²) < 4.78 is 11.1. The van der Waals surface area contributed by atoms with Crippen molar-refractivity contribution < 1.29 is 24.2 Å². The fraction of sp³-hybridized carbons (Fsp3) is 0.556. The minimum absolute atomic E-state index is 0.0832. The number of carboxylic acid groups (broad SMARTS) is 1. The van der Waals surface area contributed by atoms with E-state index in [0.717, 1.165) is 0 Å². The van der Waals surface area contributed by atoms with Crippen molar-refractivity contribution in [1.29, 1.82) is 0 Å². The van der Waals surface area contributed by atoms with Gasteiger partial charge in [0, 0.05) is 19.0 Å². The van der Waals surface area contributed by atoms with Crippen molar-refractivity contribution in [3.8, 4) is 0 Å². The van der Waals surface area contributed by atoms with Crippen LogP contribution in [0, 0.1) is 0 Å². The Bertz CT molecular complexity index is 703. The Balaban J connectivity index is 2.40. The molecule has 26 heavy (non-hydrogen) atoms. The molecule has 144 valence electrons. The number of amides is 1. The number of nitrogens with zero attached hydrogens (tertiary/aromatic N) is 1. The van der Waals surface area contributed by atoms with Crippen LogP contribution in [-0.2, 0) is 14.3 Å². The summed E-state index contributed by atoms with van der Waals surface area (Å²) in [5.74, 6) is -1.76. The van der Waals surface area contributed by atoms with Gasteiger partial charge in [-0.05, 0) is 45.4 Å². The number of carbonyl (C=O) groups excluding carboxylic acids is 1. The second-order valence-corrected chi connectivity index (χ2v) is 8.23. The predicted octanol–water partition coefficient (Wildman–Crippen LogP) is 4.19. The van der Waals surface area contributed by atoms with Gasteiger partial charge in [0.2, 0.25) is 0 Å². The number of benzene rings is 1. The molecule has 2 atom stereocenters. The third-order valence-corrected chi connectivity index (χ3v) is 4.99. The highest BCUT2D eigenvalue weighted by Gasteiger charge is 2.47. The molecule has 6 nitrogen and oxygen atoms in total. The standard InChI is InChI=1S/C18H23Cl2NO5/c1-17(2,3)26-16(24)21-7-8-25-18(4,15(22)23)12(10-21)11-5-6-13(19)14(20)9-11/h5-6,9,12H,7-8,10H2,1-4H3,(H,22,23)/t12-,18+/m0/s1. The van der Waals surface area contributed by atoms with Crippen LogP contribution in [0.4, 0.5) is 4.79 Å². The van der Waals surface area contributed by atoms with Crippen LogP contribution >= 0.6 is 23.2 Å². The Hall–Kier alpha value is -1.50. The molecule has 1 aromatic rings. The number of hydrogen-bond donors (Lipinski definition) is 1. The maximum absolute atomic E-state index is 12.5. The van der Waals surface area contributed by atoms with E-state index in [1.807, 2.05) is 0 Å². The molecule has 1 saturated heterocycles. The van der Waals surface area contributed by atoms with Crippen molar-refractivity contribution in [3.05, 3.63) is 33.8 Å². The number of hydrogen-bond acceptors (Lipinski definition) is 4. The smallest absolute Gasteiger partial charge is 0.410 e. The quantitative estimate of drug-likeness (QED) is 0.800. The van der Waals surface area contributed by atoms with Crippen molar-refractivity contribution >= 4 is 35.3 Å². The molecule has 8 heteroatoms. The summed E-state index contributed by atoms with van der Waals surface area (Å²) >= 11 is 12.1. The van der Waals surface area contributed by atoms with Crippen LogP contribution in [0.5, 0.6) is 0 Å². The Kier molecular flexibility index (Phi) is 6.10. The molecular formula is C18H23Cl2NO5. The third kappa shape index (κ3) is 4.61. The van der Waals surface area contributed by atoms with Crippen LogP contribution in [-0.4, -0.2) is 53.0 Å². The molecule has 0 aromatic heterocycles. The van der Waals surface area contributed by atoms with Crippen molar-refractivity contribution in [2.45, 2.75) is 44.8 Å². The molecule has 1 N–H and O–H groups in total. The highest BCUT2D eigenvalue weighted by atomic mass is 35.5. The molecule has 1 aliphatic heterocycles. The molecule has 1 heterocycles. The monoisotopic (exact) mass is 403 g/mol. The molecule has 1 fully saturated rings. The molecule has 2 rings (SSSR count). The third-order valence-electron chi connectivity index (χ3n) is 4.25. The van der Waals surface area contributed by atoms with Crippen LogP contribution in [0.2, 0.25) is 10.0 Å². The van der Waals surface area contributed by atoms with E-state index < -0.39 is 29.2 Å². The topological polar surface area (TPSA) is 76.1 Å². The summed E-state index contributed by atoms with van der Waals surface area (Å²) in [7, 11) is 0. The fourth-order valence-electron chi connectivity index (χ4n) is 2.81. The summed E-state index contributed by atoms with van der Waals surface area (Å²) in [5.41, 5.74) is -1.55. The SMILES string of the molecule is CC(C)(C)OC(=O)N1CCO[C@@](C)(C(=O)O)[C@H](c2ccc(Cl)c(Cl)c2)C1. The number of carboxylic acids is 1. The maximum Gasteiger partial charge on any atom is 0.410 e. The second kappa shape index (κ2) is 7.62. The molecule has 0 radical (unpaired) electrons. The molecule has 1 amide bonds. The first kappa shape index (κ1) is 20.8. The first-order chi connectivity index (χ1) is 11.9. The van der Waals surface area contributed by atoms with Crippen molar-refractivity contribution in [2.24, 2.45) is 0 Å². The van der Waals surface area contributed by atoms with Crippen LogP contribution in [0.15, 0.2) is 18.2 Å². The number of aliphatic carboxylic acids is 1. The Morgan fingerprint density at radius 3 is 2.50 bits per heavy atom. The summed E-state index contributed by atoms with van der Waals surface area (Å²) in [4.78, 5) is 25.9. The summed E-state index contributed by atoms with van der Waals surface area (Å²) in [6, 6.07) is 4.91. The van der Waals surface area contributed by atoms with Crippen molar-refractivity contribution in [3.63, 3.8) is 0 Å². The van der Waals surface area contributed by atoms with Gasteiger partial charge in [-0.1, -0.05) is 29.3 Å². The molecule has 0 saturated carbocycles. The average Bonchev–Trinajstić information content (AvgIpc) is 2.69. The first-order valence-corrected chi connectivity index (χ1v) is 9.00. The highest BCUT2D eigenvalue weighted by Crippen LogP contribution is 2.37. The summed E-state index contributed by atoms with van der Waals surface area (Å²) in [6.07, 6.45) is -0.513. The number of rotatable bonds is 2. The molecular weight excluding hydrogens is 381 g/mol. The van der Waals surface area contributed by atoms with Gasteiger partial charge in [0.1, 0.15) is 5.60 Å². The lowest BCUT2D eigenvalue weighted by molar-refractivity contribution is -0.165. The van der Waals surface area contributed by atoms with Gasteiger partial charge in [0.25, 0.3) is 0 Å². The molecule has 0 spiro atoms. The van der Waals surface area contributed by atoms with Gasteiger partial charge in [-0.3, -0.25) is 0 Å². The minimum atomic E-state index is -1.52. The summed E-state index contributed by atoms with van der Waals surface area (Å²) in [6.45, 7) is 7.26. The van der Waals surface area contributed by atoms with Crippen molar-refractivity contribution in [1.82, 2.24) is 4.90 Å². The van der Waals surface area contributed by atoms with E-state index >= 15 is 0 Å². The highest BCUT2D eigenvalue weighted by molar-refractivity contribution is 6.42. The van der Waals surface area contributed by atoms with Crippen LogP contribution < -0.4 is 0 Å². The Morgan fingerprint density at radius 2 is 1.96 bits per heavy atom. The zero-order chi connectivity index (χ0) is 19.7. The lowest BCUT2D eigenvalue weighted by atomic mass is 9.83. The van der Waals surface area contributed by atoms with Gasteiger partial charge in [-0.2, -0.15) is 0 Å². The average molecular weight is 404 g/mol. The van der Waals surface area contributed by atoms with E-state index in [1.165, 1.54) is 11.8 Å². The maximum atomic E-state index is 12.5. The molecule has 0 unspecified atom stereocenters. The predicted molar refractivity (Wildman–Crippen MR) is 99.0 cm³/mol. The van der Waals surface area contributed by atoms with E-state index in [0.29, 0.717) is 15.6 Å². The van der Waals surface area contributed by atoms with Crippen LogP contribution in [0.25, 0.3) is 0 Å². The van der Waals surface area contributed by atoms with Crippen molar-refractivity contribution in [2.75, 3.05) is 19.7 Å². The van der Waals surface area contributed by atoms with E-state index in [1.54, 1.807) is 39.0 Å². The van der Waals surface area contributed by atoms with E-state index in [9.17, 15) is 14.7 Å². The number of carbonyl (C=O) groups is 2. The lowest BCUT2D eigenvalue weighted by Crippen LogP contribution is -2.47. The van der Waals surface area contributed by atoms with E-state index in [-0.39, 0.29) is 19.7 Å². The van der Waals surface area contributed by atoms with E-state index in [2.05, 4.69) is 0 Å². The lowest BCUT2D eigenvalue weighted by Gasteiger charge is -2.34. The van der Waals surface area contributed by atoms with Gasteiger partial charge < -0.3 is 19.5 Å². The number of ether oxygens (including phenoxy) is 2. The van der Waals surface area contributed by atoms with Gasteiger partial charge in [-0.25, -0.2) is 9.59 Å². The Labute approximate surface area is 163 Å². The largest absolute Gasteiger partial charge is 0.479 e. The Morgan fingerprint density at radius 1 is 1.31 bits per heavy atom. The zero-order valence-electron chi connectivity index (χ0n) is 15.2. The molecule has 0 bridgehead atoms. The second-order valence-electron chi connectivity index (χ2n) is 7.41. The normalized spacial score (nSPS) is 24.1. The number of halogens is 2. The van der Waals surface area contributed by atoms with Crippen LogP contribution in [0.3, 0.4) is 0 Å². The molecule has 0 aliphatic carbocycles. The van der Waals surface area contributed by atoms with Gasteiger partial charge in [0.05, 0.1) is 16.7 Å². The van der Waals surface area contributed by atoms with Crippen LogP contribution in [0.1, 0.15) is 39.2 Å². The minimum Gasteiger partial charge on any atom is -0.479 e. The molecule has 1 aromatic carbocycles. The zero-order valence-corrected chi connectivity index (χ0v) is 16.7. The summed E-state index contributed by atoms with van der Waals surface area (Å²) in [5, 5.41) is 10.4. The molecule has 1 aliphatic rings. The van der Waals surface area contributed by atoms with E-state index in [4.69, 9.17) is 32.7 Å². The van der Waals surface area contributed by atoms with Gasteiger partial charge >= 0.3 is 12.1 Å². The van der Waals surface area contributed by atoms with Gasteiger partial charge in [0.15, 0.2) is 5.60 Å². The fourth-order valence-corrected chi connectivity index (χ4v) is 3.12. The van der Waals surface area contributed by atoms with Gasteiger partial charge in [-0.15, -0.1) is 0 Å². The first-order valence-electron chi connectivity index (χ1n) is 8.24.